The van der Waals surface area contributed by atoms with Gasteiger partial charge in [0.1, 0.15) is 5.82 Å². The van der Waals surface area contributed by atoms with Crippen LogP contribution in [0.15, 0.2) is 18.2 Å². The van der Waals surface area contributed by atoms with Crippen molar-refractivity contribution in [1.82, 2.24) is 9.80 Å². The molecule has 1 saturated heterocycles. The third-order valence-corrected chi connectivity index (χ3v) is 4.40. The molecule has 2 rings (SSSR count). The van der Waals surface area contributed by atoms with Gasteiger partial charge in [-0.1, -0.05) is 12.1 Å². The molecule has 1 heterocycles. The molecule has 1 fully saturated rings. The smallest absolute Gasteiger partial charge is 0.126 e. The monoisotopic (exact) mass is 279 g/mol. The maximum Gasteiger partial charge on any atom is 0.126 e. The van der Waals surface area contributed by atoms with Crippen LogP contribution in [-0.4, -0.2) is 49.6 Å². The van der Waals surface area contributed by atoms with Crippen LogP contribution in [0.3, 0.4) is 0 Å². The average Bonchev–Trinajstić information content (AvgIpc) is 2.44. The lowest BCUT2D eigenvalue weighted by atomic mass is 9.98. The SMILES string of the molecule is Cc1ccc(C(CN)N2CCCC(N(C)C)C2)cc1F. The van der Waals surface area contributed by atoms with E-state index in [9.17, 15) is 4.39 Å². The fraction of sp³-hybridized carbons (Fsp3) is 0.625. The second kappa shape index (κ2) is 6.66. The molecule has 0 saturated carbocycles. The van der Waals surface area contributed by atoms with E-state index in [1.54, 1.807) is 13.0 Å². The molecule has 20 heavy (non-hydrogen) atoms. The summed E-state index contributed by atoms with van der Waals surface area (Å²) in [6.07, 6.45) is 2.40. The summed E-state index contributed by atoms with van der Waals surface area (Å²) in [5, 5.41) is 0. The van der Waals surface area contributed by atoms with Crippen LogP contribution in [0.25, 0.3) is 0 Å². The van der Waals surface area contributed by atoms with Gasteiger partial charge >= 0.3 is 0 Å². The van der Waals surface area contributed by atoms with Gasteiger partial charge in [-0.15, -0.1) is 0 Å². The van der Waals surface area contributed by atoms with Crippen molar-refractivity contribution in [2.24, 2.45) is 5.73 Å². The van der Waals surface area contributed by atoms with Crippen molar-refractivity contribution in [3.63, 3.8) is 0 Å². The number of hydrogen-bond donors (Lipinski definition) is 1. The maximum atomic E-state index is 13.8. The highest BCUT2D eigenvalue weighted by Crippen LogP contribution is 2.26. The molecule has 1 aliphatic rings. The topological polar surface area (TPSA) is 32.5 Å². The van der Waals surface area contributed by atoms with Crippen LogP contribution < -0.4 is 5.73 Å². The Morgan fingerprint density at radius 3 is 2.80 bits per heavy atom. The van der Waals surface area contributed by atoms with Crippen LogP contribution in [0.4, 0.5) is 4.39 Å². The summed E-state index contributed by atoms with van der Waals surface area (Å²) in [4.78, 5) is 4.67. The number of likely N-dealkylation sites (tertiary alicyclic amines) is 1. The summed E-state index contributed by atoms with van der Waals surface area (Å²) < 4.78 is 13.8. The van der Waals surface area contributed by atoms with E-state index in [1.807, 2.05) is 12.1 Å². The number of nitrogens with zero attached hydrogens (tertiary/aromatic N) is 2. The largest absolute Gasteiger partial charge is 0.329 e. The summed E-state index contributed by atoms with van der Waals surface area (Å²) >= 11 is 0. The van der Waals surface area contributed by atoms with E-state index in [0.717, 1.165) is 18.7 Å². The Balaban J connectivity index is 2.16. The number of nitrogens with two attached hydrogens (primary N) is 1. The average molecular weight is 279 g/mol. The van der Waals surface area contributed by atoms with Crippen LogP contribution in [0.2, 0.25) is 0 Å². The van der Waals surface area contributed by atoms with Crippen LogP contribution in [0, 0.1) is 12.7 Å². The second-order valence-electron chi connectivity index (χ2n) is 6.01. The van der Waals surface area contributed by atoms with E-state index < -0.39 is 0 Å². The Morgan fingerprint density at radius 2 is 2.20 bits per heavy atom. The summed E-state index contributed by atoms with van der Waals surface area (Å²) in [5.41, 5.74) is 7.65. The van der Waals surface area contributed by atoms with Crippen molar-refractivity contribution in [1.29, 1.82) is 0 Å². The third-order valence-electron chi connectivity index (χ3n) is 4.40. The van der Waals surface area contributed by atoms with E-state index in [0.29, 0.717) is 18.2 Å². The number of likely N-dealkylation sites (N-methyl/N-ethyl adjacent to an activating group) is 1. The molecule has 0 aliphatic carbocycles. The molecule has 0 aromatic heterocycles. The van der Waals surface area contributed by atoms with Crippen molar-refractivity contribution in [3.05, 3.63) is 35.1 Å². The van der Waals surface area contributed by atoms with Gasteiger partial charge in [0.15, 0.2) is 0 Å². The molecule has 0 spiro atoms. The Bertz CT molecular complexity index is 447. The first kappa shape index (κ1) is 15.4. The molecule has 3 nitrogen and oxygen atoms in total. The minimum absolute atomic E-state index is 0.118. The molecule has 4 heteroatoms. The van der Waals surface area contributed by atoms with Gasteiger partial charge < -0.3 is 10.6 Å². The number of benzene rings is 1. The first-order chi connectivity index (χ1) is 9.52. The lowest BCUT2D eigenvalue weighted by molar-refractivity contribution is 0.0983. The maximum absolute atomic E-state index is 13.8. The van der Waals surface area contributed by atoms with Gasteiger partial charge in [0.2, 0.25) is 0 Å². The van der Waals surface area contributed by atoms with Crippen LogP contribution in [0.1, 0.15) is 30.0 Å². The molecule has 0 bridgehead atoms. The zero-order chi connectivity index (χ0) is 14.7. The van der Waals surface area contributed by atoms with Gasteiger partial charge in [0.05, 0.1) is 0 Å². The molecule has 1 aromatic rings. The molecule has 1 aromatic carbocycles. The molecule has 2 atom stereocenters. The molecule has 2 unspecified atom stereocenters. The highest BCUT2D eigenvalue weighted by molar-refractivity contribution is 5.26. The second-order valence-corrected chi connectivity index (χ2v) is 6.01. The number of hydrogen-bond acceptors (Lipinski definition) is 3. The summed E-state index contributed by atoms with van der Waals surface area (Å²) in [6.45, 7) is 4.37. The number of rotatable bonds is 4. The zero-order valence-corrected chi connectivity index (χ0v) is 12.8. The fourth-order valence-corrected chi connectivity index (χ4v) is 3.00. The highest BCUT2D eigenvalue weighted by Gasteiger charge is 2.27. The quantitative estimate of drug-likeness (QED) is 0.917. The van der Waals surface area contributed by atoms with Crippen LogP contribution in [-0.2, 0) is 0 Å². The van der Waals surface area contributed by atoms with E-state index in [1.165, 1.54) is 12.8 Å². The van der Waals surface area contributed by atoms with E-state index in [2.05, 4.69) is 23.9 Å². The molecule has 0 radical (unpaired) electrons. The minimum atomic E-state index is -0.137. The number of halogens is 1. The van der Waals surface area contributed by atoms with Gasteiger partial charge in [-0.05, 0) is 57.6 Å². The molecular formula is C16H26FN3. The van der Waals surface area contributed by atoms with Gasteiger partial charge in [-0.2, -0.15) is 0 Å². The van der Waals surface area contributed by atoms with Crippen molar-refractivity contribution < 1.29 is 4.39 Å². The summed E-state index contributed by atoms with van der Waals surface area (Å²) in [5.74, 6) is -0.137. The van der Waals surface area contributed by atoms with E-state index >= 15 is 0 Å². The van der Waals surface area contributed by atoms with E-state index in [-0.39, 0.29) is 11.9 Å². The standard InChI is InChI=1S/C16H26FN3/c1-12-6-7-13(9-15(12)17)16(10-18)20-8-4-5-14(11-20)19(2)3/h6-7,9,14,16H,4-5,8,10-11,18H2,1-3H3. The predicted octanol–water partition coefficient (Wildman–Crippen LogP) is 2.16. The number of piperidine rings is 1. The highest BCUT2D eigenvalue weighted by atomic mass is 19.1. The number of aryl methyl sites for hydroxylation is 1. The Hall–Kier alpha value is -0.970. The van der Waals surface area contributed by atoms with Crippen molar-refractivity contribution in [2.45, 2.75) is 31.8 Å². The van der Waals surface area contributed by atoms with Gasteiger partial charge in [0, 0.05) is 25.2 Å². The van der Waals surface area contributed by atoms with Crippen molar-refractivity contribution in [3.8, 4) is 0 Å². The van der Waals surface area contributed by atoms with Gasteiger partial charge in [0.25, 0.3) is 0 Å². The van der Waals surface area contributed by atoms with Gasteiger partial charge in [-0.3, -0.25) is 4.90 Å². The van der Waals surface area contributed by atoms with Crippen molar-refractivity contribution in [2.75, 3.05) is 33.7 Å². The molecule has 112 valence electrons. The summed E-state index contributed by atoms with van der Waals surface area (Å²) in [7, 11) is 4.24. The lowest BCUT2D eigenvalue weighted by Crippen LogP contribution is -2.47. The first-order valence-electron chi connectivity index (χ1n) is 7.39. The minimum Gasteiger partial charge on any atom is -0.329 e. The Labute approximate surface area is 121 Å². The predicted molar refractivity (Wildman–Crippen MR) is 81.2 cm³/mol. The van der Waals surface area contributed by atoms with Crippen LogP contribution in [0.5, 0.6) is 0 Å². The van der Waals surface area contributed by atoms with E-state index in [4.69, 9.17) is 5.73 Å². The molecule has 0 amide bonds. The normalized spacial score (nSPS) is 22.2. The Kier molecular flexibility index (Phi) is 5.13. The molecule has 1 aliphatic heterocycles. The summed E-state index contributed by atoms with van der Waals surface area (Å²) in [6, 6.07) is 6.18. The lowest BCUT2D eigenvalue weighted by Gasteiger charge is -2.40. The molecular weight excluding hydrogens is 253 g/mol. The molecule has 2 N–H and O–H groups in total. The van der Waals surface area contributed by atoms with Gasteiger partial charge in [-0.25, -0.2) is 4.39 Å². The fourth-order valence-electron chi connectivity index (χ4n) is 3.00. The van der Waals surface area contributed by atoms with Crippen LogP contribution >= 0.6 is 0 Å². The third kappa shape index (κ3) is 3.37. The first-order valence-corrected chi connectivity index (χ1v) is 7.39. The van der Waals surface area contributed by atoms with Crippen molar-refractivity contribution >= 4 is 0 Å². The Morgan fingerprint density at radius 1 is 1.45 bits per heavy atom. The zero-order valence-electron chi connectivity index (χ0n) is 12.8.